The third-order valence-corrected chi connectivity index (χ3v) is 9.63. The number of carbonyl (C=O) groups excluding carboxylic acids is 1. The zero-order valence-corrected chi connectivity index (χ0v) is 23.7. The van der Waals surface area contributed by atoms with Gasteiger partial charge in [0, 0.05) is 32.3 Å². The molecule has 0 N–H and O–H groups in total. The molecule has 0 radical (unpaired) electrons. The van der Waals surface area contributed by atoms with Gasteiger partial charge in [0.05, 0.1) is 12.7 Å². The highest BCUT2D eigenvalue weighted by Crippen LogP contribution is 2.63. The number of benzene rings is 2. The van der Waals surface area contributed by atoms with E-state index in [-0.39, 0.29) is 30.0 Å². The molecular weight excluding hydrogens is 492 g/mol. The Balaban J connectivity index is 1.32. The minimum absolute atomic E-state index is 0.0140. The summed E-state index contributed by atoms with van der Waals surface area (Å²) < 4.78 is 28.2. The smallest absolute Gasteiger partial charge is 0.188 e. The fourth-order valence-corrected chi connectivity index (χ4v) is 7.81. The molecule has 0 spiro atoms. The average Bonchev–Trinajstić information content (AvgIpc) is 3.30. The zero-order valence-electron chi connectivity index (χ0n) is 23.7. The lowest BCUT2D eigenvalue weighted by Crippen LogP contribution is -2.49. The van der Waals surface area contributed by atoms with Crippen LogP contribution in [0.3, 0.4) is 0 Å². The predicted molar refractivity (Wildman–Crippen MR) is 150 cm³/mol. The molecule has 0 heterocycles. The lowest BCUT2D eigenvalue weighted by atomic mass is 9.51. The van der Waals surface area contributed by atoms with E-state index in [0.29, 0.717) is 43.5 Å². The molecule has 5 rings (SSSR count). The highest BCUT2D eigenvalue weighted by Gasteiger charge is 2.58. The summed E-state index contributed by atoms with van der Waals surface area (Å²) in [5.74, 6) is 2.21. The number of methoxy groups -OCH3 is 2. The van der Waals surface area contributed by atoms with E-state index in [1.807, 2.05) is 30.3 Å². The second-order valence-electron chi connectivity index (χ2n) is 11.8. The van der Waals surface area contributed by atoms with Crippen LogP contribution in [0.4, 0.5) is 0 Å². The molecule has 0 amide bonds. The summed E-state index contributed by atoms with van der Waals surface area (Å²) in [6.45, 7) is 4.25. The van der Waals surface area contributed by atoms with E-state index in [1.54, 1.807) is 14.2 Å². The maximum Gasteiger partial charge on any atom is 0.188 e. The molecule has 0 aliphatic heterocycles. The third-order valence-electron chi connectivity index (χ3n) is 9.63. The van der Waals surface area contributed by atoms with E-state index in [4.69, 9.17) is 23.7 Å². The van der Waals surface area contributed by atoms with Crippen LogP contribution in [0.5, 0.6) is 5.75 Å². The Bertz CT molecular complexity index is 1090. The van der Waals surface area contributed by atoms with Crippen LogP contribution in [0, 0.1) is 23.2 Å². The van der Waals surface area contributed by atoms with Crippen molar-refractivity contribution < 1.29 is 28.5 Å². The standard InChI is InChI=1S/C33H44O6/c1-33-17-16-26-25-13-12-24(38-21-35-2)19-28(25)32(34)27(31(26)29(33)14-15-30(33)39-22-36-3)11-7-8-18-37-20-23-9-5-4-6-10-23/h4-6,9-10,12-13,19,26-27,29-31H,7-8,11,14-18,20-22H2,1-3H3/t26-,27+,29+,30+,31+,33+/m1/s1. The van der Waals surface area contributed by atoms with Gasteiger partial charge in [0.2, 0.25) is 0 Å². The Labute approximate surface area is 233 Å². The molecule has 0 bridgehead atoms. The summed E-state index contributed by atoms with van der Waals surface area (Å²) in [5.41, 5.74) is 3.33. The number of hydrogen-bond donors (Lipinski definition) is 0. The van der Waals surface area contributed by atoms with Crippen molar-refractivity contribution in [1.29, 1.82) is 0 Å². The van der Waals surface area contributed by atoms with Gasteiger partial charge in [-0.2, -0.15) is 0 Å². The second kappa shape index (κ2) is 12.9. The fraction of sp³-hybridized carbons (Fsp3) is 0.606. The summed E-state index contributed by atoms with van der Waals surface area (Å²) in [7, 11) is 3.30. The van der Waals surface area contributed by atoms with Gasteiger partial charge in [-0.25, -0.2) is 0 Å². The molecule has 2 aromatic rings. The van der Waals surface area contributed by atoms with Crippen molar-refractivity contribution in [3.63, 3.8) is 0 Å². The monoisotopic (exact) mass is 536 g/mol. The van der Waals surface area contributed by atoms with Gasteiger partial charge in [0.1, 0.15) is 12.5 Å². The van der Waals surface area contributed by atoms with Gasteiger partial charge < -0.3 is 23.7 Å². The molecule has 6 heteroatoms. The molecular formula is C33H44O6. The minimum Gasteiger partial charge on any atom is -0.468 e. The molecule has 39 heavy (non-hydrogen) atoms. The first-order chi connectivity index (χ1) is 19.1. The van der Waals surface area contributed by atoms with Crippen LogP contribution in [0.1, 0.15) is 79.3 Å². The number of ketones is 1. The van der Waals surface area contributed by atoms with Crippen LogP contribution in [-0.2, 0) is 25.6 Å². The second-order valence-corrected chi connectivity index (χ2v) is 11.8. The van der Waals surface area contributed by atoms with Crippen molar-refractivity contribution in [2.75, 3.05) is 34.4 Å². The van der Waals surface area contributed by atoms with E-state index < -0.39 is 0 Å². The number of hydrogen-bond acceptors (Lipinski definition) is 6. The maximum atomic E-state index is 14.2. The summed E-state index contributed by atoms with van der Waals surface area (Å²) in [6, 6.07) is 16.4. The van der Waals surface area contributed by atoms with Gasteiger partial charge >= 0.3 is 0 Å². The van der Waals surface area contributed by atoms with Gasteiger partial charge in [-0.1, -0.05) is 49.7 Å². The molecule has 2 aromatic carbocycles. The normalized spacial score (nSPS) is 29.5. The van der Waals surface area contributed by atoms with Gasteiger partial charge in [0.25, 0.3) is 0 Å². The summed E-state index contributed by atoms with van der Waals surface area (Å²) in [4.78, 5) is 14.2. The molecule has 2 fully saturated rings. The first-order valence-electron chi connectivity index (χ1n) is 14.6. The van der Waals surface area contributed by atoms with Crippen molar-refractivity contribution in [3.8, 4) is 5.75 Å². The Kier molecular flexibility index (Phi) is 9.39. The summed E-state index contributed by atoms with van der Waals surface area (Å²) in [6.07, 6.45) is 7.38. The first kappa shape index (κ1) is 28.3. The molecule has 6 atom stereocenters. The summed E-state index contributed by atoms with van der Waals surface area (Å²) >= 11 is 0. The van der Waals surface area contributed by atoms with E-state index in [0.717, 1.165) is 50.5 Å². The highest BCUT2D eigenvalue weighted by atomic mass is 16.7. The number of Topliss-reactive ketones (excluding diaryl/α,β-unsaturated/α-hetero) is 1. The van der Waals surface area contributed by atoms with Crippen LogP contribution >= 0.6 is 0 Å². The summed E-state index contributed by atoms with van der Waals surface area (Å²) in [5, 5.41) is 0. The molecule has 3 aliphatic carbocycles. The van der Waals surface area contributed by atoms with Gasteiger partial charge in [-0.15, -0.1) is 0 Å². The van der Waals surface area contributed by atoms with Gasteiger partial charge in [-0.3, -0.25) is 4.79 Å². The number of unbranched alkanes of at least 4 members (excludes halogenated alkanes) is 1. The van der Waals surface area contributed by atoms with Crippen LogP contribution in [-0.4, -0.2) is 46.3 Å². The molecule has 6 nitrogen and oxygen atoms in total. The van der Waals surface area contributed by atoms with E-state index in [9.17, 15) is 4.79 Å². The Morgan fingerprint density at radius 3 is 2.56 bits per heavy atom. The molecule has 212 valence electrons. The van der Waals surface area contributed by atoms with Crippen molar-refractivity contribution in [2.24, 2.45) is 23.2 Å². The van der Waals surface area contributed by atoms with Crippen LogP contribution < -0.4 is 4.74 Å². The molecule has 0 saturated heterocycles. The number of fused-ring (bicyclic) bond motifs is 5. The third kappa shape index (κ3) is 5.95. The van der Waals surface area contributed by atoms with E-state index >= 15 is 0 Å². The number of ether oxygens (including phenoxy) is 5. The lowest BCUT2D eigenvalue weighted by molar-refractivity contribution is -0.127. The molecule has 0 unspecified atom stereocenters. The van der Waals surface area contributed by atoms with E-state index in [2.05, 4.69) is 25.1 Å². The van der Waals surface area contributed by atoms with Crippen LogP contribution in [0.15, 0.2) is 48.5 Å². The maximum absolute atomic E-state index is 14.2. The topological polar surface area (TPSA) is 63.2 Å². The molecule has 2 saturated carbocycles. The van der Waals surface area contributed by atoms with Gasteiger partial charge in [0.15, 0.2) is 12.6 Å². The molecule has 0 aromatic heterocycles. The van der Waals surface area contributed by atoms with E-state index in [1.165, 1.54) is 11.1 Å². The first-order valence-corrected chi connectivity index (χ1v) is 14.6. The zero-order chi connectivity index (χ0) is 27.2. The fourth-order valence-electron chi connectivity index (χ4n) is 7.81. The largest absolute Gasteiger partial charge is 0.468 e. The number of carbonyl (C=O) groups is 1. The lowest BCUT2D eigenvalue weighted by Gasteiger charge is -2.53. The van der Waals surface area contributed by atoms with Crippen LogP contribution in [0.25, 0.3) is 0 Å². The van der Waals surface area contributed by atoms with Crippen molar-refractivity contribution in [3.05, 3.63) is 65.2 Å². The highest BCUT2D eigenvalue weighted by molar-refractivity contribution is 6.01. The Morgan fingerprint density at radius 2 is 1.77 bits per heavy atom. The molecule has 3 aliphatic rings. The van der Waals surface area contributed by atoms with Crippen LogP contribution in [0.2, 0.25) is 0 Å². The van der Waals surface area contributed by atoms with Crippen molar-refractivity contribution >= 4 is 5.78 Å². The number of rotatable bonds is 13. The van der Waals surface area contributed by atoms with Crippen molar-refractivity contribution in [2.45, 2.75) is 70.5 Å². The van der Waals surface area contributed by atoms with Crippen molar-refractivity contribution in [1.82, 2.24) is 0 Å². The van der Waals surface area contributed by atoms with Gasteiger partial charge in [-0.05, 0) is 85.0 Å². The minimum atomic E-state index is 0.0140. The SMILES string of the molecule is COCOc1ccc2c(c1)C(=O)[C@@H](CCCCOCc1ccccc1)[C@@H]1[C@@H]2CC[C@]2(C)[C@@H](OCOC)CC[C@@H]12. The predicted octanol–water partition coefficient (Wildman–Crippen LogP) is 6.77. The Morgan fingerprint density at radius 1 is 0.949 bits per heavy atom. The Hall–Kier alpha value is -2.25. The average molecular weight is 537 g/mol. The quantitative estimate of drug-likeness (QED) is 0.208.